The van der Waals surface area contributed by atoms with Gasteiger partial charge in [-0.25, -0.2) is 0 Å². The van der Waals surface area contributed by atoms with Crippen LogP contribution in [0.25, 0.3) is 0 Å². The Morgan fingerprint density at radius 1 is 1.30 bits per heavy atom. The van der Waals surface area contributed by atoms with Gasteiger partial charge in [0.25, 0.3) is 0 Å². The second kappa shape index (κ2) is 5.96. The van der Waals surface area contributed by atoms with E-state index in [1.165, 1.54) is 22.3 Å². The summed E-state index contributed by atoms with van der Waals surface area (Å²) in [6.45, 7) is 10.4. The van der Waals surface area contributed by atoms with Crippen molar-refractivity contribution < 1.29 is 9.90 Å². The highest BCUT2D eigenvalue weighted by Crippen LogP contribution is 2.26. The molecule has 1 aromatic carbocycles. The van der Waals surface area contributed by atoms with Gasteiger partial charge in [-0.3, -0.25) is 9.69 Å². The van der Waals surface area contributed by atoms with Crippen LogP contribution in [0.4, 0.5) is 0 Å². The molecule has 1 aliphatic heterocycles. The van der Waals surface area contributed by atoms with Crippen LogP contribution in [0.3, 0.4) is 0 Å². The predicted molar refractivity (Wildman–Crippen MR) is 80.9 cm³/mol. The van der Waals surface area contributed by atoms with Crippen molar-refractivity contribution in [1.29, 1.82) is 0 Å². The quantitative estimate of drug-likeness (QED) is 0.920. The van der Waals surface area contributed by atoms with E-state index in [0.29, 0.717) is 6.04 Å². The molecule has 2 atom stereocenters. The number of aliphatic carboxylic acids is 1. The molecule has 20 heavy (non-hydrogen) atoms. The molecule has 1 saturated heterocycles. The lowest BCUT2D eigenvalue weighted by Gasteiger charge is -2.36. The summed E-state index contributed by atoms with van der Waals surface area (Å²) in [7, 11) is 0. The van der Waals surface area contributed by atoms with E-state index in [1.54, 1.807) is 0 Å². The Labute approximate surface area is 121 Å². The topological polar surface area (TPSA) is 40.5 Å². The molecule has 0 amide bonds. The van der Waals surface area contributed by atoms with Crippen LogP contribution in [0.1, 0.15) is 42.0 Å². The van der Waals surface area contributed by atoms with Gasteiger partial charge in [0.15, 0.2) is 0 Å². The molecule has 1 aromatic rings. The molecule has 1 heterocycles. The minimum absolute atomic E-state index is 0.165. The summed E-state index contributed by atoms with van der Waals surface area (Å²) in [5.74, 6) is -0.805. The Hall–Kier alpha value is -1.35. The first-order valence-corrected chi connectivity index (χ1v) is 7.42. The molecule has 0 bridgehead atoms. The van der Waals surface area contributed by atoms with Gasteiger partial charge in [-0.1, -0.05) is 17.7 Å². The lowest BCUT2D eigenvalue weighted by atomic mass is 9.90. The standard InChI is InChI=1S/C17H25NO2/c1-11-7-12(2)16(13(3)8-11)10-18-6-5-15(17(19)20)9-14(18)4/h7-8,14-15H,5-6,9-10H2,1-4H3,(H,19,20). The van der Waals surface area contributed by atoms with E-state index in [4.69, 9.17) is 5.11 Å². The average Bonchev–Trinajstić information content (AvgIpc) is 2.34. The molecule has 2 rings (SSSR count). The summed E-state index contributed by atoms with van der Waals surface area (Å²) in [5, 5.41) is 9.13. The number of carboxylic acid groups (broad SMARTS) is 1. The van der Waals surface area contributed by atoms with Crippen molar-refractivity contribution >= 4 is 5.97 Å². The molecule has 1 fully saturated rings. The highest BCUT2D eigenvalue weighted by molar-refractivity contribution is 5.70. The van der Waals surface area contributed by atoms with Crippen LogP contribution in [0.15, 0.2) is 12.1 Å². The van der Waals surface area contributed by atoms with Crippen LogP contribution >= 0.6 is 0 Å². The minimum Gasteiger partial charge on any atom is -0.481 e. The molecular formula is C17H25NO2. The van der Waals surface area contributed by atoms with Crippen LogP contribution in [0, 0.1) is 26.7 Å². The first-order valence-electron chi connectivity index (χ1n) is 7.42. The lowest BCUT2D eigenvalue weighted by molar-refractivity contribution is -0.144. The molecule has 1 aliphatic rings. The van der Waals surface area contributed by atoms with Crippen molar-refractivity contribution in [3.05, 3.63) is 34.4 Å². The van der Waals surface area contributed by atoms with E-state index >= 15 is 0 Å². The highest BCUT2D eigenvalue weighted by atomic mass is 16.4. The van der Waals surface area contributed by atoms with Crippen molar-refractivity contribution in [2.75, 3.05) is 6.54 Å². The SMILES string of the molecule is Cc1cc(C)c(CN2CCC(C(=O)O)CC2C)c(C)c1. The van der Waals surface area contributed by atoms with E-state index in [9.17, 15) is 4.79 Å². The van der Waals surface area contributed by atoms with Crippen LogP contribution in [0.5, 0.6) is 0 Å². The van der Waals surface area contributed by atoms with Crippen molar-refractivity contribution in [2.24, 2.45) is 5.92 Å². The zero-order valence-corrected chi connectivity index (χ0v) is 12.9. The van der Waals surface area contributed by atoms with Gasteiger partial charge < -0.3 is 5.11 Å². The van der Waals surface area contributed by atoms with E-state index in [1.807, 2.05) is 0 Å². The van der Waals surface area contributed by atoms with Crippen LogP contribution in [-0.4, -0.2) is 28.6 Å². The average molecular weight is 275 g/mol. The van der Waals surface area contributed by atoms with Gasteiger partial charge in [0.05, 0.1) is 5.92 Å². The third kappa shape index (κ3) is 3.21. The lowest BCUT2D eigenvalue weighted by Crippen LogP contribution is -2.42. The van der Waals surface area contributed by atoms with Gasteiger partial charge in [0, 0.05) is 12.6 Å². The van der Waals surface area contributed by atoms with Gasteiger partial charge in [0.1, 0.15) is 0 Å². The molecule has 110 valence electrons. The monoisotopic (exact) mass is 275 g/mol. The van der Waals surface area contributed by atoms with E-state index in [-0.39, 0.29) is 5.92 Å². The zero-order valence-electron chi connectivity index (χ0n) is 12.9. The molecule has 0 radical (unpaired) electrons. The molecule has 0 aromatic heterocycles. The van der Waals surface area contributed by atoms with Crippen molar-refractivity contribution in [3.63, 3.8) is 0 Å². The normalized spacial score (nSPS) is 23.8. The number of hydrogen-bond donors (Lipinski definition) is 1. The van der Waals surface area contributed by atoms with Crippen molar-refractivity contribution in [2.45, 2.75) is 53.1 Å². The summed E-state index contributed by atoms with van der Waals surface area (Å²) >= 11 is 0. The van der Waals surface area contributed by atoms with Crippen LogP contribution < -0.4 is 0 Å². The summed E-state index contributed by atoms with van der Waals surface area (Å²) in [6, 6.07) is 4.80. The summed E-state index contributed by atoms with van der Waals surface area (Å²) < 4.78 is 0. The summed E-state index contributed by atoms with van der Waals surface area (Å²) in [4.78, 5) is 13.5. The number of benzene rings is 1. The smallest absolute Gasteiger partial charge is 0.306 e. The van der Waals surface area contributed by atoms with Crippen LogP contribution in [0.2, 0.25) is 0 Å². The van der Waals surface area contributed by atoms with E-state index in [2.05, 4.69) is 44.7 Å². The molecule has 0 saturated carbocycles. The van der Waals surface area contributed by atoms with Gasteiger partial charge in [-0.2, -0.15) is 0 Å². The highest BCUT2D eigenvalue weighted by Gasteiger charge is 2.29. The summed E-state index contributed by atoms with van der Waals surface area (Å²) in [5.41, 5.74) is 5.39. The van der Waals surface area contributed by atoms with Gasteiger partial charge >= 0.3 is 5.97 Å². The predicted octanol–water partition coefficient (Wildman–Crippen LogP) is 3.30. The fourth-order valence-electron chi connectivity index (χ4n) is 3.34. The number of carbonyl (C=O) groups is 1. The van der Waals surface area contributed by atoms with Crippen molar-refractivity contribution in [1.82, 2.24) is 4.90 Å². The Morgan fingerprint density at radius 3 is 2.40 bits per heavy atom. The zero-order chi connectivity index (χ0) is 14.9. The minimum atomic E-state index is -0.640. The number of nitrogens with zero attached hydrogens (tertiary/aromatic N) is 1. The molecule has 3 nitrogen and oxygen atoms in total. The van der Waals surface area contributed by atoms with E-state index < -0.39 is 5.97 Å². The van der Waals surface area contributed by atoms with Gasteiger partial charge in [-0.15, -0.1) is 0 Å². The molecule has 2 unspecified atom stereocenters. The largest absolute Gasteiger partial charge is 0.481 e. The third-order valence-corrected chi connectivity index (χ3v) is 4.56. The molecule has 1 N–H and O–H groups in total. The van der Waals surface area contributed by atoms with Gasteiger partial charge in [-0.05, 0) is 63.8 Å². The number of hydrogen-bond acceptors (Lipinski definition) is 2. The third-order valence-electron chi connectivity index (χ3n) is 4.56. The number of rotatable bonds is 3. The Morgan fingerprint density at radius 2 is 1.90 bits per heavy atom. The van der Waals surface area contributed by atoms with E-state index in [0.717, 1.165) is 25.9 Å². The molecular weight excluding hydrogens is 250 g/mol. The van der Waals surface area contributed by atoms with Gasteiger partial charge in [0.2, 0.25) is 0 Å². The Kier molecular flexibility index (Phi) is 4.48. The first-order chi connectivity index (χ1) is 9.38. The maximum Gasteiger partial charge on any atom is 0.306 e. The number of carboxylic acids is 1. The maximum atomic E-state index is 11.1. The fraction of sp³-hybridized carbons (Fsp3) is 0.588. The molecule has 0 aliphatic carbocycles. The Bertz CT molecular complexity index is 487. The molecule has 3 heteroatoms. The maximum absolute atomic E-state index is 11.1. The number of likely N-dealkylation sites (tertiary alicyclic amines) is 1. The van der Waals surface area contributed by atoms with Crippen LogP contribution in [-0.2, 0) is 11.3 Å². The van der Waals surface area contributed by atoms with Crippen molar-refractivity contribution in [3.8, 4) is 0 Å². The first kappa shape index (κ1) is 15.0. The Balaban J connectivity index is 2.10. The second-order valence-electron chi connectivity index (χ2n) is 6.26. The second-order valence-corrected chi connectivity index (χ2v) is 6.26. The molecule has 0 spiro atoms. The fourth-order valence-corrected chi connectivity index (χ4v) is 3.34. The number of aryl methyl sites for hydroxylation is 3. The number of piperidine rings is 1. The summed E-state index contributed by atoms with van der Waals surface area (Å²) in [6.07, 6.45) is 1.53.